The fourth-order valence-corrected chi connectivity index (χ4v) is 5.58. The van der Waals surface area contributed by atoms with E-state index in [4.69, 9.17) is 10.7 Å². The number of nitrogen functional groups attached to an aromatic ring is 1. The normalized spacial score (nSPS) is 17.5. The van der Waals surface area contributed by atoms with Crippen LogP contribution in [0, 0.1) is 18.3 Å². The number of imide groups is 1. The molecule has 0 aliphatic carbocycles. The van der Waals surface area contributed by atoms with Crippen molar-refractivity contribution < 1.29 is 9.59 Å². The Hall–Kier alpha value is -4.98. The van der Waals surface area contributed by atoms with E-state index in [1.54, 1.807) is 31.2 Å². The zero-order valence-corrected chi connectivity index (χ0v) is 21.8. The number of nitrogens with one attached hydrogen (secondary N) is 1. The van der Waals surface area contributed by atoms with E-state index in [0.29, 0.717) is 47.7 Å². The SMILES string of the molecule is Cc1nc(N)nc(NC(C)c2nc3ccn(C)c3cc2N2CC[C@H](N3C(=O)c4ccccc4C3=O)C2)c1C#N. The van der Waals surface area contributed by atoms with Crippen LogP contribution in [-0.4, -0.2) is 55.4 Å². The summed E-state index contributed by atoms with van der Waals surface area (Å²) in [7, 11) is 1.96. The standard InChI is InChI=1S/C28H27N9O2/c1-15-20(13-29)25(34-28(30)32-15)31-16(2)24-23(12-22-21(33-24)9-10-35(22)3)36-11-8-17(14-36)37-26(38)18-6-4-5-7-19(18)27(37)39/h4-7,9-10,12,16-17H,8,11,14H2,1-3H3,(H3,30,31,32,34)/t16?,17-/m0/s1. The molecule has 2 aliphatic heterocycles. The number of hydrogen-bond donors (Lipinski definition) is 2. The smallest absolute Gasteiger partial charge is 0.261 e. The molecule has 1 unspecified atom stereocenters. The second-order valence-corrected chi connectivity index (χ2v) is 10.0. The molecule has 6 rings (SSSR count). The Morgan fingerprint density at radius 3 is 2.54 bits per heavy atom. The predicted molar refractivity (Wildman–Crippen MR) is 146 cm³/mol. The summed E-state index contributed by atoms with van der Waals surface area (Å²) in [6.45, 7) is 4.81. The fraction of sp³-hybridized carbons (Fsp3) is 0.286. The lowest BCUT2D eigenvalue weighted by atomic mass is 10.1. The first-order valence-electron chi connectivity index (χ1n) is 12.8. The quantitative estimate of drug-likeness (QED) is 0.378. The average molecular weight is 522 g/mol. The van der Waals surface area contributed by atoms with Crippen LogP contribution in [0.4, 0.5) is 17.5 Å². The number of nitrogens with two attached hydrogens (primary N) is 1. The van der Waals surface area contributed by atoms with E-state index in [9.17, 15) is 14.9 Å². The average Bonchev–Trinajstić information content (AvgIpc) is 3.60. The zero-order valence-electron chi connectivity index (χ0n) is 21.8. The molecule has 3 aromatic heterocycles. The first kappa shape index (κ1) is 24.4. The Morgan fingerprint density at radius 1 is 1.13 bits per heavy atom. The molecule has 1 saturated heterocycles. The highest BCUT2D eigenvalue weighted by Crippen LogP contribution is 2.35. The molecule has 0 bridgehead atoms. The van der Waals surface area contributed by atoms with Crippen molar-refractivity contribution in [1.82, 2.24) is 24.4 Å². The first-order valence-corrected chi connectivity index (χ1v) is 12.8. The molecule has 11 nitrogen and oxygen atoms in total. The zero-order chi connectivity index (χ0) is 27.4. The molecule has 196 valence electrons. The van der Waals surface area contributed by atoms with E-state index in [-0.39, 0.29) is 29.8 Å². The number of carbonyl (C=O) groups excluding carboxylic acids is 2. The van der Waals surface area contributed by atoms with E-state index >= 15 is 0 Å². The van der Waals surface area contributed by atoms with Gasteiger partial charge >= 0.3 is 0 Å². The molecule has 3 N–H and O–H groups in total. The van der Waals surface area contributed by atoms with Crippen molar-refractivity contribution in [3.05, 3.63) is 70.7 Å². The number of hydrogen-bond acceptors (Lipinski definition) is 9. The van der Waals surface area contributed by atoms with Crippen LogP contribution in [0.1, 0.15) is 57.1 Å². The summed E-state index contributed by atoms with van der Waals surface area (Å²) < 4.78 is 2.01. The van der Waals surface area contributed by atoms with Crippen LogP contribution in [0.2, 0.25) is 0 Å². The van der Waals surface area contributed by atoms with Crippen molar-refractivity contribution in [3.63, 3.8) is 0 Å². The number of aryl methyl sites for hydroxylation is 2. The Labute approximate surface area is 224 Å². The molecule has 0 saturated carbocycles. The Bertz CT molecular complexity index is 1670. The van der Waals surface area contributed by atoms with Crippen LogP contribution in [0.25, 0.3) is 11.0 Å². The number of nitriles is 1. The van der Waals surface area contributed by atoms with Gasteiger partial charge in [0.15, 0.2) is 0 Å². The number of benzene rings is 1. The van der Waals surface area contributed by atoms with Crippen LogP contribution in [0.15, 0.2) is 42.6 Å². The van der Waals surface area contributed by atoms with Gasteiger partial charge in [0, 0.05) is 26.3 Å². The lowest BCUT2D eigenvalue weighted by Crippen LogP contribution is -2.41. The maximum atomic E-state index is 13.1. The van der Waals surface area contributed by atoms with Gasteiger partial charge in [-0.25, -0.2) is 9.97 Å². The van der Waals surface area contributed by atoms with E-state index in [1.807, 2.05) is 30.8 Å². The molecule has 0 spiro atoms. The molecule has 39 heavy (non-hydrogen) atoms. The van der Waals surface area contributed by atoms with Gasteiger partial charge in [-0.3, -0.25) is 14.5 Å². The molecule has 2 amide bonds. The molecular weight excluding hydrogens is 494 g/mol. The number of fused-ring (bicyclic) bond motifs is 2. The maximum Gasteiger partial charge on any atom is 0.261 e. The molecule has 2 aliphatic rings. The molecule has 2 atom stereocenters. The van der Waals surface area contributed by atoms with Gasteiger partial charge in [0.05, 0.1) is 51.3 Å². The highest BCUT2D eigenvalue weighted by Gasteiger charge is 2.42. The molecule has 0 radical (unpaired) electrons. The summed E-state index contributed by atoms with van der Waals surface area (Å²) in [5.41, 5.74) is 11.1. The summed E-state index contributed by atoms with van der Waals surface area (Å²) >= 11 is 0. The van der Waals surface area contributed by atoms with Gasteiger partial charge in [0.25, 0.3) is 11.8 Å². The third kappa shape index (κ3) is 3.92. The van der Waals surface area contributed by atoms with E-state index in [2.05, 4.69) is 32.3 Å². The summed E-state index contributed by atoms with van der Waals surface area (Å²) in [6.07, 6.45) is 2.61. The van der Waals surface area contributed by atoms with Crippen LogP contribution < -0.4 is 16.0 Å². The van der Waals surface area contributed by atoms with Gasteiger partial charge in [0.2, 0.25) is 5.95 Å². The number of amides is 2. The number of anilines is 3. The summed E-state index contributed by atoms with van der Waals surface area (Å²) in [4.78, 5) is 43.2. The Kier molecular flexibility index (Phi) is 5.68. The van der Waals surface area contributed by atoms with E-state index in [0.717, 1.165) is 22.4 Å². The van der Waals surface area contributed by atoms with Gasteiger partial charge in [0.1, 0.15) is 17.5 Å². The molecule has 1 aromatic carbocycles. The van der Waals surface area contributed by atoms with Gasteiger partial charge in [-0.1, -0.05) is 12.1 Å². The summed E-state index contributed by atoms with van der Waals surface area (Å²) in [5.74, 6) is -0.0543. The third-order valence-corrected chi connectivity index (χ3v) is 7.55. The molecule has 4 aromatic rings. The van der Waals surface area contributed by atoms with Gasteiger partial charge in [-0.2, -0.15) is 10.2 Å². The molecule has 5 heterocycles. The van der Waals surface area contributed by atoms with Crippen LogP contribution >= 0.6 is 0 Å². The number of aromatic nitrogens is 4. The number of rotatable bonds is 5. The molecular formula is C28H27N9O2. The second kappa shape index (κ2) is 9.09. The summed E-state index contributed by atoms with van der Waals surface area (Å²) in [5, 5.41) is 13.0. The van der Waals surface area contributed by atoms with E-state index < -0.39 is 0 Å². The largest absolute Gasteiger partial charge is 0.368 e. The third-order valence-electron chi connectivity index (χ3n) is 7.55. The van der Waals surface area contributed by atoms with Crippen LogP contribution in [0.3, 0.4) is 0 Å². The highest BCUT2D eigenvalue weighted by molar-refractivity contribution is 6.21. The summed E-state index contributed by atoms with van der Waals surface area (Å²) in [6, 6.07) is 12.6. The first-order chi connectivity index (χ1) is 18.8. The van der Waals surface area contributed by atoms with Crippen LogP contribution in [0.5, 0.6) is 0 Å². The van der Waals surface area contributed by atoms with Crippen molar-refractivity contribution >= 4 is 40.3 Å². The van der Waals surface area contributed by atoms with Crippen molar-refractivity contribution in [2.45, 2.75) is 32.4 Å². The second-order valence-electron chi connectivity index (χ2n) is 10.0. The molecule has 11 heteroatoms. The monoisotopic (exact) mass is 521 g/mol. The van der Waals surface area contributed by atoms with Crippen molar-refractivity contribution in [2.24, 2.45) is 7.05 Å². The number of nitrogens with zero attached hydrogens (tertiary/aromatic N) is 7. The Balaban J connectivity index is 1.34. The van der Waals surface area contributed by atoms with Gasteiger partial charge in [-0.15, -0.1) is 0 Å². The Morgan fingerprint density at radius 2 is 1.85 bits per heavy atom. The minimum Gasteiger partial charge on any atom is -0.368 e. The van der Waals surface area contributed by atoms with Crippen molar-refractivity contribution in [1.29, 1.82) is 5.26 Å². The lowest BCUT2D eigenvalue weighted by molar-refractivity contribution is 0.0598. The van der Waals surface area contributed by atoms with Crippen molar-refractivity contribution in [2.75, 3.05) is 29.0 Å². The highest BCUT2D eigenvalue weighted by atomic mass is 16.2. The van der Waals surface area contributed by atoms with Crippen molar-refractivity contribution in [3.8, 4) is 6.07 Å². The number of pyridine rings is 1. The predicted octanol–water partition coefficient (Wildman–Crippen LogP) is 3.17. The number of carbonyl (C=O) groups is 2. The fourth-order valence-electron chi connectivity index (χ4n) is 5.58. The van der Waals surface area contributed by atoms with Gasteiger partial charge < -0.3 is 20.5 Å². The maximum absolute atomic E-state index is 13.1. The molecule has 1 fully saturated rings. The van der Waals surface area contributed by atoms with Gasteiger partial charge in [-0.05, 0) is 44.5 Å². The minimum atomic E-state index is -0.344. The van der Waals surface area contributed by atoms with Crippen LogP contribution in [-0.2, 0) is 7.05 Å². The topological polar surface area (TPSA) is 146 Å². The van der Waals surface area contributed by atoms with E-state index in [1.165, 1.54) is 4.90 Å². The lowest BCUT2D eigenvalue weighted by Gasteiger charge is -2.27. The minimum absolute atomic E-state index is 0.0798.